The van der Waals surface area contributed by atoms with Crippen LogP contribution in [0.4, 0.5) is 16.2 Å². The molecule has 5 aliphatic carbocycles. The van der Waals surface area contributed by atoms with Gasteiger partial charge in [-0.25, -0.2) is 4.79 Å². The van der Waals surface area contributed by atoms with Crippen LogP contribution in [-0.4, -0.2) is 74.4 Å². The van der Waals surface area contributed by atoms with Gasteiger partial charge in [0.15, 0.2) is 6.23 Å². The average molecular weight is 819 g/mol. The van der Waals surface area contributed by atoms with Crippen molar-refractivity contribution in [2.75, 3.05) is 49.1 Å². The first kappa shape index (κ1) is 39.2. The van der Waals surface area contributed by atoms with Gasteiger partial charge in [-0.05, 0) is 130 Å². The van der Waals surface area contributed by atoms with E-state index in [0.717, 1.165) is 101 Å². The molecule has 2 aromatic rings. The number of benzene rings is 2. The molecular formula is C46H57Cl2N3O6. The predicted octanol–water partition coefficient (Wildman–Crippen LogP) is 9.65. The topological polar surface area (TPSA) is 88.6 Å². The highest BCUT2D eigenvalue weighted by molar-refractivity contribution is 6.43. The van der Waals surface area contributed by atoms with Crippen molar-refractivity contribution in [1.82, 2.24) is 4.90 Å². The summed E-state index contributed by atoms with van der Waals surface area (Å²) in [4.78, 5) is 45.4. The Kier molecular flexibility index (Phi) is 10.8. The number of carbonyl (C=O) groups is 3. The molecule has 1 amide bonds. The molecule has 0 N–H and O–H groups in total. The number of aryl methyl sites for hydroxylation is 1. The fourth-order valence-electron chi connectivity index (χ4n) is 12.6. The maximum absolute atomic E-state index is 13.3. The zero-order chi connectivity index (χ0) is 39.5. The van der Waals surface area contributed by atoms with Crippen molar-refractivity contribution in [1.29, 1.82) is 0 Å². The van der Waals surface area contributed by atoms with E-state index in [4.69, 9.17) is 37.4 Å². The summed E-state index contributed by atoms with van der Waals surface area (Å²) < 4.78 is 18.0. The zero-order valence-corrected chi connectivity index (χ0v) is 35.0. The van der Waals surface area contributed by atoms with Crippen LogP contribution in [0.15, 0.2) is 48.0 Å². The van der Waals surface area contributed by atoms with E-state index in [9.17, 15) is 14.4 Å². The molecular weight excluding hydrogens is 761 g/mol. The lowest BCUT2D eigenvalue weighted by molar-refractivity contribution is -0.154. The zero-order valence-electron chi connectivity index (χ0n) is 33.5. The second-order valence-electron chi connectivity index (χ2n) is 18.3. The molecule has 9 nitrogen and oxygen atoms in total. The molecule has 9 rings (SSSR count). The highest BCUT2D eigenvalue weighted by Gasteiger charge is 2.66. The van der Waals surface area contributed by atoms with Gasteiger partial charge in [-0.1, -0.05) is 53.9 Å². The van der Waals surface area contributed by atoms with Crippen molar-refractivity contribution < 1.29 is 28.6 Å². The van der Waals surface area contributed by atoms with E-state index in [2.05, 4.69) is 22.8 Å². The molecule has 57 heavy (non-hydrogen) atoms. The number of Topliss-reactive ketones (excluding diaryl/α,β-unsaturated/α-hetero) is 1. The molecule has 5 fully saturated rings. The van der Waals surface area contributed by atoms with Gasteiger partial charge in [0.05, 0.1) is 28.0 Å². The van der Waals surface area contributed by atoms with E-state index < -0.39 is 12.4 Å². The molecule has 1 spiro atoms. The molecule has 7 aliphatic rings. The average Bonchev–Trinajstić information content (AvgIpc) is 3.51. The Morgan fingerprint density at radius 3 is 2.61 bits per heavy atom. The molecule has 1 saturated heterocycles. The monoisotopic (exact) mass is 817 g/mol. The summed E-state index contributed by atoms with van der Waals surface area (Å²) in [6.07, 6.45) is 12.8. The van der Waals surface area contributed by atoms with E-state index in [1.165, 1.54) is 24.8 Å². The number of fused-ring (bicyclic) bond motifs is 5. The van der Waals surface area contributed by atoms with Crippen LogP contribution in [-0.2, 0) is 25.5 Å². The summed E-state index contributed by atoms with van der Waals surface area (Å²) >= 11 is 12.7. The van der Waals surface area contributed by atoms with Gasteiger partial charge in [0.25, 0.3) is 0 Å². The number of rotatable bonds is 10. The maximum atomic E-state index is 13.3. The SMILES string of the molecule is CC(OC(=O)OC1CCC2(C)C(=CCC3C2CCC24CC(=O)C2CCC34)C1)N1C(=O)CCc2ccc(OCCCCN3CCN(c4cccc(Cl)c4Cl)CC3)cc21. The molecule has 2 aliphatic heterocycles. The molecule has 0 bridgehead atoms. The van der Waals surface area contributed by atoms with Crippen LogP contribution in [0, 0.1) is 34.5 Å². The van der Waals surface area contributed by atoms with Crippen LogP contribution in [0.25, 0.3) is 0 Å². The Balaban J connectivity index is 0.745. The fourth-order valence-corrected chi connectivity index (χ4v) is 13.0. The minimum Gasteiger partial charge on any atom is -0.494 e. The molecule has 2 aromatic carbocycles. The number of anilines is 2. The van der Waals surface area contributed by atoms with Crippen LogP contribution >= 0.6 is 23.2 Å². The van der Waals surface area contributed by atoms with Crippen molar-refractivity contribution in [3.8, 4) is 5.75 Å². The number of ether oxygens (including phenoxy) is 3. The van der Waals surface area contributed by atoms with Gasteiger partial charge in [-0.3, -0.25) is 19.4 Å². The van der Waals surface area contributed by atoms with Crippen molar-refractivity contribution in [3.63, 3.8) is 0 Å². The molecule has 4 saturated carbocycles. The second kappa shape index (κ2) is 15.7. The number of hydrogen-bond acceptors (Lipinski definition) is 8. The second-order valence-corrected chi connectivity index (χ2v) is 19.1. The standard InChI is InChI=1S/C46H57Cl2N3O6/c1-29(56-44(54)57-33-16-18-45(2)31(26-33)10-12-34-35(45)17-19-46-28-41(52)37(46)14-13-36(34)46)51-40-27-32(11-8-30(40)9-15-42(51)53)55-25-4-3-20-49-21-23-50(24-22-49)39-7-5-6-38(47)43(39)48/h5-8,10-11,27,29,33-37H,3-4,9,12-26,28H2,1-2H3. The van der Waals surface area contributed by atoms with Gasteiger partial charge in [0.1, 0.15) is 17.6 Å². The highest BCUT2D eigenvalue weighted by Crippen LogP contribution is 2.71. The molecule has 8 atom stereocenters. The number of allylic oxidation sites excluding steroid dienone is 1. The Labute approximate surface area is 347 Å². The quantitative estimate of drug-likeness (QED) is 0.133. The number of carbonyl (C=O) groups excluding carboxylic acids is 3. The number of piperazine rings is 1. The summed E-state index contributed by atoms with van der Waals surface area (Å²) in [6.45, 7) is 9.53. The Morgan fingerprint density at radius 1 is 0.947 bits per heavy atom. The maximum Gasteiger partial charge on any atom is 0.510 e. The van der Waals surface area contributed by atoms with Crippen LogP contribution in [0.5, 0.6) is 5.75 Å². The third-order valence-corrected chi connectivity index (χ3v) is 16.3. The summed E-state index contributed by atoms with van der Waals surface area (Å²) in [5, 5.41) is 1.21. The number of halogens is 2. The van der Waals surface area contributed by atoms with E-state index in [-0.39, 0.29) is 17.4 Å². The fraction of sp³-hybridized carbons (Fsp3) is 0.630. The number of amides is 1. The highest BCUT2D eigenvalue weighted by atomic mass is 35.5. The molecule has 11 heteroatoms. The van der Waals surface area contributed by atoms with E-state index in [0.29, 0.717) is 70.1 Å². The normalized spacial score (nSPS) is 32.5. The third-order valence-electron chi connectivity index (χ3n) is 15.5. The lowest BCUT2D eigenvalue weighted by atomic mass is 9.43. The van der Waals surface area contributed by atoms with E-state index in [1.54, 1.807) is 11.8 Å². The number of unbranched alkanes of at least 4 members (excludes halogenated alkanes) is 1. The van der Waals surface area contributed by atoms with Gasteiger partial charge in [-0.2, -0.15) is 0 Å². The van der Waals surface area contributed by atoms with Crippen LogP contribution < -0.4 is 14.5 Å². The Morgan fingerprint density at radius 2 is 1.79 bits per heavy atom. The first-order chi connectivity index (χ1) is 27.5. The predicted molar refractivity (Wildman–Crippen MR) is 222 cm³/mol. The summed E-state index contributed by atoms with van der Waals surface area (Å²) in [6, 6.07) is 11.7. The largest absolute Gasteiger partial charge is 0.510 e. The van der Waals surface area contributed by atoms with Crippen molar-refractivity contribution >= 4 is 52.4 Å². The summed E-state index contributed by atoms with van der Waals surface area (Å²) in [5.41, 5.74) is 4.62. The summed E-state index contributed by atoms with van der Waals surface area (Å²) in [5.74, 6) is 3.48. The van der Waals surface area contributed by atoms with Crippen molar-refractivity contribution in [2.24, 2.45) is 34.5 Å². The minimum absolute atomic E-state index is 0.0814. The first-order valence-electron chi connectivity index (χ1n) is 21.6. The number of nitrogens with zero attached hydrogens (tertiary/aromatic N) is 3. The third kappa shape index (κ3) is 7.15. The van der Waals surface area contributed by atoms with Gasteiger partial charge in [0.2, 0.25) is 5.91 Å². The molecule has 306 valence electrons. The minimum atomic E-state index is -0.818. The van der Waals surface area contributed by atoms with E-state index in [1.807, 2.05) is 36.4 Å². The van der Waals surface area contributed by atoms with Crippen molar-refractivity contribution in [3.05, 3.63) is 63.7 Å². The van der Waals surface area contributed by atoms with Gasteiger partial charge < -0.3 is 19.1 Å². The van der Waals surface area contributed by atoms with Crippen LogP contribution in [0.3, 0.4) is 0 Å². The van der Waals surface area contributed by atoms with Crippen molar-refractivity contribution in [2.45, 2.75) is 110 Å². The Bertz CT molecular complexity index is 1930. The van der Waals surface area contributed by atoms with E-state index >= 15 is 0 Å². The molecule has 0 radical (unpaired) electrons. The van der Waals surface area contributed by atoms with Crippen LogP contribution in [0.1, 0.15) is 96.5 Å². The lowest BCUT2D eigenvalue weighted by Gasteiger charge is -2.61. The number of hydrogen-bond donors (Lipinski definition) is 0. The van der Waals surface area contributed by atoms with Crippen LogP contribution in [0.2, 0.25) is 10.0 Å². The lowest BCUT2D eigenvalue weighted by Crippen LogP contribution is -2.56. The molecule has 0 aromatic heterocycles. The van der Waals surface area contributed by atoms with Gasteiger partial charge >= 0.3 is 6.16 Å². The smallest absolute Gasteiger partial charge is 0.494 e. The van der Waals surface area contributed by atoms with Gasteiger partial charge in [0, 0.05) is 57.4 Å². The Hall–Kier alpha value is -3.27. The summed E-state index contributed by atoms with van der Waals surface area (Å²) in [7, 11) is 0. The first-order valence-corrected chi connectivity index (χ1v) is 22.4. The molecule has 8 unspecified atom stereocenters. The van der Waals surface area contributed by atoms with Gasteiger partial charge in [-0.15, -0.1) is 0 Å². The number of ketones is 1. The molecule has 2 heterocycles.